The Labute approximate surface area is 121 Å². The standard InChI is InChI=1S/C17H23N3/c1-4-8-19-17(16-7-9-18-12-20-16)11-15-6-5-13(2)14(3)10-15/h5-7,9-10,12,17,19H,4,8,11H2,1-3H3. The van der Waals surface area contributed by atoms with Crippen LogP contribution in [-0.2, 0) is 6.42 Å². The Kier molecular flexibility index (Phi) is 5.24. The summed E-state index contributed by atoms with van der Waals surface area (Å²) in [5, 5.41) is 3.58. The van der Waals surface area contributed by atoms with E-state index in [-0.39, 0.29) is 6.04 Å². The first kappa shape index (κ1) is 14.7. The average Bonchev–Trinajstić information content (AvgIpc) is 2.48. The Morgan fingerprint density at radius 3 is 2.65 bits per heavy atom. The van der Waals surface area contributed by atoms with Gasteiger partial charge in [-0.2, -0.15) is 0 Å². The van der Waals surface area contributed by atoms with Crippen molar-refractivity contribution >= 4 is 0 Å². The predicted molar refractivity (Wildman–Crippen MR) is 82.7 cm³/mol. The van der Waals surface area contributed by atoms with E-state index in [0.717, 1.165) is 25.1 Å². The van der Waals surface area contributed by atoms with Gasteiger partial charge in [-0.05, 0) is 56.0 Å². The van der Waals surface area contributed by atoms with E-state index in [1.165, 1.54) is 16.7 Å². The highest BCUT2D eigenvalue weighted by atomic mass is 14.9. The van der Waals surface area contributed by atoms with Crippen LogP contribution in [0.25, 0.3) is 0 Å². The zero-order valence-electron chi connectivity index (χ0n) is 12.6. The number of rotatable bonds is 6. The minimum Gasteiger partial charge on any atom is -0.308 e. The molecule has 2 aromatic rings. The zero-order valence-corrected chi connectivity index (χ0v) is 12.6. The maximum Gasteiger partial charge on any atom is 0.115 e. The van der Waals surface area contributed by atoms with Crippen molar-refractivity contribution in [3.05, 3.63) is 59.2 Å². The molecule has 20 heavy (non-hydrogen) atoms. The van der Waals surface area contributed by atoms with Crippen molar-refractivity contribution in [2.24, 2.45) is 0 Å². The van der Waals surface area contributed by atoms with Crippen LogP contribution in [-0.4, -0.2) is 16.5 Å². The molecule has 1 atom stereocenters. The second-order valence-electron chi connectivity index (χ2n) is 5.26. The smallest absolute Gasteiger partial charge is 0.115 e. The van der Waals surface area contributed by atoms with Crippen molar-refractivity contribution in [2.45, 2.75) is 39.7 Å². The first-order valence-electron chi connectivity index (χ1n) is 7.26. The van der Waals surface area contributed by atoms with Gasteiger partial charge in [0.15, 0.2) is 0 Å². The summed E-state index contributed by atoms with van der Waals surface area (Å²) in [5.41, 5.74) is 5.10. The fourth-order valence-corrected chi connectivity index (χ4v) is 2.27. The van der Waals surface area contributed by atoms with Gasteiger partial charge in [0.2, 0.25) is 0 Å². The van der Waals surface area contributed by atoms with E-state index in [1.54, 1.807) is 6.33 Å². The van der Waals surface area contributed by atoms with Crippen LogP contribution in [0.5, 0.6) is 0 Å². The fraction of sp³-hybridized carbons (Fsp3) is 0.412. The van der Waals surface area contributed by atoms with Crippen molar-refractivity contribution in [3.63, 3.8) is 0 Å². The fourth-order valence-electron chi connectivity index (χ4n) is 2.27. The largest absolute Gasteiger partial charge is 0.308 e. The van der Waals surface area contributed by atoms with Crippen LogP contribution < -0.4 is 5.32 Å². The summed E-state index contributed by atoms with van der Waals surface area (Å²) >= 11 is 0. The third-order valence-electron chi connectivity index (χ3n) is 3.61. The van der Waals surface area contributed by atoms with Crippen molar-refractivity contribution in [1.82, 2.24) is 15.3 Å². The Bertz CT molecular complexity index is 537. The van der Waals surface area contributed by atoms with Crippen LogP contribution in [0.3, 0.4) is 0 Å². The number of hydrogen-bond donors (Lipinski definition) is 1. The molecule has 0 amide bonds. The van der Waals surface area contributed by atoms with Gasteiger partial charge in [0.25, 0.3) is 0 Å². The molecule has 0 saturated heterocycles. The normalized spacial score (nSPS) is 12.3. The number of aromatic nitrogens is 2. The molecular formula is C17H23N3. The van der Waals surface area contributed by atoms with Gasteiger partial charge >= 0.3 is 0 Å². The molecular weight excluding hydrogens is 246 g/mol. The number of nitrogens with one attached hydrogen (secondary N) is 1. The lowest BCUT2D eigenvalue weighted by Gasteiger charge is -2.18. The molecule has 3 heteroatoms. The van der Waals surface area contributed by atoms with Gasteiger partial charge in [0.1, 0.15) is 6.33 Å². The van der Waals surface area contributed by atoms with Crippen LogP contribution in [0.2, 0.25) is 0 Å². The van der Waals surface area contributed by atoms with Crippen molar-refractivity contribution in [1.29, 1.82) is 0 Å². The number of nitrogens with zero attached hydrogens (tertiary/aromatic N) is 2. The molecule has 3 nitrogen and oxygen atoms in total. The van der Waals surface area contributed by atoms with E-state index in [1.807, 2.05) is 12.3 Å². The van der Waals surface area contributed by atoms with Crippen LogP contribution in [0.4, 0.5) is 0 Å². The van der Waals surface area contributed by atoms with Crippen LogP contribution in [0.1, 0.15) is 41.8 Å². The first-order chi connectivity index (χ1) is 9.70. The summed E-state index contributed by atoms with van der Waals surface area (Å²) in [6, 6.07) is 8.93. The van der Waals surface area contributed by atoms with Crippen LogP contribution in [0.15, 0.2) is 36.8 Å². The summed E-state index contributed by atoms with van der Waals surface area (Å²) in [7, 11) is 0. The van der Waals surface area contributed by atoms with E-state index in [0.29, 0.717) is 0 Å². The summed E-state index contributed by atoms with van der Waals surface area (Å²) in [5.74, 6) is 0. The SMILES string of the molecule is CCCNC(Cc1ccc(C)c(C)c1)c1ccncn1. The molecule has 0 saturated carbocycles. The second kappa shape index (κ2) is 7.15. The van der Waals surface area contributed by atoms with Crippen molar-refractivity contribution < 1.29 is 0 Å². The molecule has 0 aliphatic carbocycles. The highest BCUT2D eigenvalue weighted by molar-refractivity contribution is 5.31. The van der Waals surface area contributed by atoms with Gasteiger partial charge in [-0.25, -0.2) is 9.97 Å². The Morgan fingerprint density at radius 1 is 1.15 bits per heavy atom. The van der Waals surface area contributed by atoms with E-state index < -0.39 is 0 Å². The van der Waals surface area contributed by atoms with E-state index in [9.17, 15) is 0 Å². The van der Waals surface area contributed by atoms with Gasteiger partial charge in [-0.1, -0.05) is 25.1 Å². The van der Waals surface area contributed by atoms with Crippen LogP contribution >= 0.6 is 0 Å². The Morgan fingerprint density at radius 2 is 2.00 bits per heavy atom. The predicted octanol–water partition coefficient (Wildman–Crippen LogP) is 3.38. The molecule has 0 fully saturated rings. The monoisotopic (exact) mass is 269 g/mol. The minimum atomic E-state index is 0.250. The summed E-state index contributed by atoms with van der Waals surface area (Å²) in [6.07, 6.45) is 5.51. The zero-order chi connectivity index (χ0) is 14.4. The van der Waals surface area contributed by atoms with Gasteiger partial charge in [0.05, 0.1) is 11.7 Å². The quantitative estimate of drug-likeness (QED) is 0.873. The van der Waals surface area contributed by atoms with E-state index in [4.69, 9.17) is 0 Å². The number of benzene rings is 1. The third-order valence-corrected chi connectivity index (χ3v) is 3.61. The average molecular weight is 269 g/mol. The minimum absolute atomic E-state index is 0.250. The highest BCUT2D eigenvalue weighted by Crippen LogP contribution is 2.18. The molecule has 106 valence electrons. The number of hydrogen-bond acceptors (Lipinski definition) is 3. The molecule has 1 heterocycles. The maximum atomic E-state index is 4.39. The Balaban J connectivity index is 2.17. The number of aryl methyl sites for hydroxylation is 2. The molecule has 0 aliphatic rings. The molecule has 0 radical (unpaired) electrons. The Hall–Kier alpha value is -1.74. The lowest BCUT2D eigenvalue weighted by molar-refractivity contribution is 0.516. The van der Waals surface area contributed by atoms with Gasteiger partial charge in [-0.3, -0.25) is 0 Å². The first-order valence-corrected chi connectivity index (χ1v) is 7.26. The van der Waals surface area contributed by atoms with Crippen LogP contribution in [0, 0.1) is 13.8 Å². The molecule has 2 rings (SSSR count). The molecule has 1 aromatic carbocycles. The van der Waals surface area contributed by atoms with Gasteiger partial charge in [-0.15, -0.1) is 0 Å². The molecule has 1 aromatic heterocycles. The molecule has 1 N–H and O–H groups in total. The van der Waals surface area contributed by atoms with E-state index in [2.05, 4.69) is 54.3 Å². The molecule has 0 spiro atoms. The van der Waals surface area contributed by atoms with Gasteiger partial charge < -0.3 is 5.32 Å². The maximum absolute atomic E-state index is 4.39. The molecule has 0 bridgehead atoms. The molecule has 1 unspecified atom stereocenters. The van der Waals surface area contributed by atoms with Crippen molar-refractivity contribution in [2.75, 3.05) is 6.54 Å². The second-order valence-corrected chi connectivity index (χ2v) is 5.26. The van der Waals surface area contributed by atoms with Gasteiger partial charge in [0, 0.05) is 6.20 Å². The topological polar surface area (TPSA) is 37.8 Å². The third kappa shape index (κ3) is 3.87. The summed E-state index contributed by atoms with van der Waals surface area (Å²) in [6.45, 7) is 7.49. The summed E-state index contributed by atoms with van der Waals surface area (Å²) < 4.78 is 0. The molecule has 0 aliphatic heterocycles. The lowest BCUT2D eigenvalue weighted by Crippen LogP contribution is -2.25. The summed E-state index contributed by atoms with van der Waals surface area (Å²) in [4.78, 5) is 8.40. The van der Waals surface area contributed by atoms with Crippen molar-refractivity contribution in [3.8, 4) is 0 Å². The van der Waals surface area contributed by atoms with E-state index >= 15 is 0 Å². The lowest BCUT2D eigenvalue weighted by atomic mass is 9.99. The highest BCUT2D eigenvalue weighted by Gasteiger charge is 2.13.